The third-order valence-corrected chi connectivity index (χ3v) is 2.15. The highest BCUT2D eigenvalue weighted by Crippen LogP contribution is 2.08. The van der Waals surface area contributed by atoms with E-state index in [9.17, 15) is 0 Å². The molecule has 0 aromatic heterocycles. The molecule has 0 aliphatic carbocycles. The first kappa shape index (κ1) is 13.2. The topological polar surface area (TPSA) is 12.4 Å². The van der Waals surface area contributed by atoms with Crippen molar-refractivity contribution in [1.82, 2.24) is 0 Å². The Kier molecular flexibility index (Phi) is 5.76. The van der Waals surface area contributed by atoms with E-state index < -0.39 is 0 Å². The highest BCUT2D eigenvalue weighted by Gasteiger charge is 1.82. The van der Waals surface area contributed by atoms with Gasteiger partial charge in [0.05, 0.1) is 5.69 Å². The Balaban J connectivity index is 0.00000144. The molecule has 0 N–H and O–H groups in total. The normalized spacial score (nSPS) is 10.6. The third-order valence-electron chi connectivity index (χ3n) is 2.15. The summed E-state index contributed by atoms with van der Waals surface area (Å²) in [6, 6.07) is 20.1. The standard InChI is InChI=1S/C15H13N.ClH/c1-3-8-14(9-4-1)10-7-13-16-15-11-5-2-6-12-15;/h1-13H;1H. The molecule has 0 unspecified atom stereocenters. The van der Waals surface area contributed by atoms with Gasteiger partial charge in [0.15, 0.2) is 0 Å². The van der Waals surface area contributed by atoms with Crippen molar-refractivity contribution in [3.05, 3.63) is 72.3 Å². The molecule has 0 saturated heterocycles. The fraction of sp³-hybridized carbons (Fsp3) is 0. The summed E-state index contributed by atoms with van der Waals surface area (Å²) in [5.41, 5.74) is 2.15. The first-order valence-corrected chi connectivity index (χ1v) is 5.26. The van der Waals surface area contributed by atoms with Gasteiger partial charge in [0, 0.05) is 6.21 Å². The molecule has 0 amide bonds. The van der Waals surface area contributed by atoms with Crippen LogP contribution in [-0.2, 0) is 0 Å². The number of aliphatic imine (C=N–C) groups is 1. The second kappa shape index (κ2) is 7.42. The first-order chi connectivity index (χ1) is 7.95. The zero-order valence-electron chi connectivity index (χ0n) is 9.36. The van der Waals surface area contributed by atoms with Gasteiger partial charge in [-0.05, 0) is 23.8 Å². The van der Waals surface area contributed by atoms with E-state index in [1.807, 2.05) is 66.9 Å². The molecule has 0 atom stereocenters. The van der Waals surface area contributed by atoms with Gasteiger partial charge in [0.25, 0.3) is 0 Å². The molecule has 0 radical (unpaired) electrons. The van der Waals surface area contributed by atoms with Crippen LogP contribution in [0.2, 0.25) is 0 Å². The summed E-state index contributed by atoms with van der Waals surface area (Å²) >= 11 is 0. The maximum absolute atomic E-state index is 4.31. The number of rotatable bonds is 3. The van der Waals surface area contributed by atoms with Crippen LogP contribution in [0.4, 0.5) is 5.69 Å². The van der Waals surface area contributed by atoms with Crippen molar-refractivity contribution in [1.29, 1.82) is 0 Å². The Morgan fingerprint density at radius 1 is 0.765 bits per heavy atom. The second-order valence-electron chi connectivity index (χ2n) is 3.38. The summed E-state index contributed by atoms with van der Waals surface area (Å²) in [5.74, 6) is 0. The second-order valence-corrected chi connectivity index (χ2v) is 3.38. The van der Waals surface area contributed by atoms with E-state index >= 15 is 0 Å². The number of benzene rings is 2. The number of hydrogen-bond donors (Lipinski definition) is 0. The minimum absolute atomic E-state index is 0. The molecule has 86 valence electrons. The molecule has 2 aromatic carbocycles. The molecule has 0 fully saturated rings. The van der Waals surface area contributed by atoms with Crippen molar-refractivity contribution in [2.24, 2.45) is 4.99 Å². The summed E-state index contributed by atoms with van der Waals surface area (Å²) in [5, 5.41) is 0. The van der Waals surface area contributed by atoms with E-state index in [4.69, 9.17) is 0 Å². The van der Waals surface area contributed by atoms with Crippen LogP contribution in [0.5, 0.6) is 0 Å². The maximum atomic E-state index is 4.31. The van der Waals surface area contributed by atoms with Gasteiger partial charge in [-0.25, -0.2) is 0 Å². The van der Waals surface area contributed by atoms with Gasteiger partial charge < -0.3 is 0 Å². The molecule has 0 aliphatic heterocycles. The summed E-state index contributed by atoms with van der Waals surface area (Å²) in [4.78, 5) is 4.31. The fourth-order valence-electron chi connectivity index (χ4n) is 1.36. The smallest absolute Gasteiger partial charge is 0.0629 e. The summed E-state index contributed by atoms with van der Waals surface area (Å²) in [6.07, 6.45) is 5.79. The van der Waals surface area contributed by atoms with Gasteiger partial charge in [-0.2, -0.15) is 0 Å². The Bertz CT molecular complexity index is 427. The Hall–Kier alpha value is -1.86. The lowest BCUT2D eigenvalue weighted by molar-refractivity contribution is 1.54. The van der Waals surface area contributed by atoms with Gasteiger partial charge in [0.2, 0.25) is 0 Å². The van der Waals surface area contributed by atoms with Crippen molar-refractivity contribution in [2.45, 2.75) is 0 Å². The fourth-order valence-corrected chi connectivity index (χ4v) is 1.36. The van der Waals surface area contributed by atoms with Crippen molar-refractivity contribution >= 4 is 30.4 Å². The Morgan fingerprint density at radius 2 is 1.35 bits per heavy atom. The van der Waals surface area contributed by atoms with Crippen LogP contribution in [-0.4, -0.2) is 6.21 Å². The van der Waals surface area contributed by atoms with Crippen LogP contribution >= 0.6 is 12.4 Å². The molecule has 1 nitrogen and oxygen atoms in total. The van der Waals surface area contributed by atoms with Crippen molar-refractivity contribution in [3.8, 4) is 0 Å². The van der Waals surface area contributed by atoms with Crippen LogP contribution in [0.1, 0.15) is 5.56 Å². The van der Waals surface area contributed by atoms with Crippen LogP contribution in [0, 0.1) is 0 Å². The van der Waals surface area contributed by atoms with E-state index in [2.05, 4.69) is 17.1 Å². The van der Waals surface area contributed by atoms with Crippen molar-refractivity contribution < 1.29 is 0 Å². The lowest BCUT2D eigenvalue weighted by Crippen LogP contribution is -1.69. The SMILES string of the molecule is C(=Cc1ccccc1)C=Nc1ccccc1.Cl. The molecule has 17 heavy (non-hydrogen) atoms. The van der Waals surface area contributed by atoms with Gasteiger partial charge in [0.1, 0.15) is 0 Å². The molecule has 0 spiro atoms. The quantitative estimate of drug-likeness (QED) is 0.703. The monoisotopic (exact) mass is 243 g/mol. The van der Waals surface area contributed by atoms with Crippen LogP contribution in [0.15, 0.2) is 71.7 Å². The van der Waals surface area contributed by atoms with Crippen molar-refractivity contribution in [2.75, 3.05) is 0 Å². The summed E-state index contributed by atoms with van der Waals surface area (Å²) in [7, 11) is 0. The van der Waals surface area contributed by atoms with Crippen molar-refractivity contribution in [3.63, 3.8) is 0 Å². The number of hydrogen-bond acceptors (Lipinski definition) is 1. The van der Waals surface area contributed by atoms with E-state index in [1.165, 1.54) is 5.56 Å². The highest BCUT2D eigenvalue weighted by molar-refractivity contribution is 5.85. The molecule has 0 heterocycles. The zero-order chi connectivity index (χ0) is 11.1. The Labute approximate surface area is 108 Å². The van der Waals surface area contributed by atoms with Crippen LogP contribution in [0.3, 0.4) is 0 Å². The number of para-hydroxylation sites is 1. The number of allylic oxidation sites excluding steroid dienone is 1. The molecule has 0 aliphatic rings. The zero-order valence-corrected chi connectivity index (χ0v) is 10.2. The molecule has 2 rings (SSSR count). The predicted octanol–water partition coefficient (Wildman–Crippen LogP) is 4.52. The van der Waals surface area contributed by atoms with Gasteiger partial charge in [-0.15, -0.1) is 12.4 Å². The molecule has 0 bridgehead atoms. The average molecular weight is 244 g/mol. The van der Waals surface area contributed by atoms with E-state index in [0.29, 0.717) is 0 Å². The average Bonchev–Trinajstić information content (AvgIpc) is 2.37. The first-order valence-electron chi connectivity index (χ1n) is 5.26. The van der Waals surface area contributed by atoms with Gasteiger partial charge >= 0.3 is 0 Å². The number of halogens is 1. The Morgan fingerprint density at radius 3 is 2.00 bits per heavy atom. The highest BCUT2D eigenvalue weighted by atomic mass is 35.5. The number of nitrogens with zero attached hydrogens (tertiary/aromatic N) is 1. The molecule has 2 heteroatoms. The van der Waals surface area contributed by atoms with Gasteiger partial charge in [-0.1, -0.05) is 54.6 Å². The maximum Gasteiger partial charge on any atom is 0.0629 e. The largest absolute Gasteiger partial charge is 0.257 e. The minimum atomic E-state index is 0. The van der Waals surface area contributed by atoms with E-state index in [0.717, 1.165) is 5.69 Å². The third kappa shape index (κ3) is 4.66. The lowest BCUT2D eigenvalue weighted by atomic mass is 10.2. The molecular formula is C15H14ClN. The predicted molar refractivity (Wildman–Crippen MR) is 77.3 cm³/mol. The summed E-state index contributed by atoms with van der Waals surface area (Å²) < 4.78 is 0. The van der Waals surface area contributed by atoms with Crippen LogP contribution < -0.4 is 0 Å². The van der Waals surface area contributed by atoms with Gasteiger partial charge in [-0.3, -0.25) is 4.99 Å². The lowest BCUT2D eigenvalue weighted by Gasteiger charge is -1.90. The molecule has 0 saturated carbocycles. The van der Waals surface area contributed by atoms with E-state index in [1.54, 1.807) is 0 Å². The minimum Gasteiger partial charge on any atom is -0.257 e. The molecular weight excluding hydrogens is 230 g/mol. The van der Waals surface area contributed by atoms with Crippen LogP contribution in [0.25, 0.3) is 6.08 Å². The summed E-state index contributed by atoms with van der Waals surface area (Å²) in [6.45, 7) is 0. The van der Waals surface area contributed by atoms with E-state index in [-0.39, 0.29) is 12.4 Å². The molecule has 2 aromatic rings.